The van der Waals surface area contributed by atoms with Crippen LogP contribution in [0.5, 0.6) is 0 Å². The monoisotopic (exact) mass is 167 g/mol. The molecule has 3 atom stereocenters. The molecule has 0 amide bonds. The van der Waals surface area contributed by atoms with Gasteiger partial charge in [0.05, 0.1) is 0 Å². The molecule has 70 valence electrons. The van der Waals surface area contributed by atoms with E-state index in [1.807, 2.05) is 0 Å². The first-order valence-corrected chi connectivity index (χ1v) is 5.47. The highest BCUT2D eigenvalue weighted by Crippen LogP contribution is 2.44. The smallest absolute Gasteiger partial charge is 0.0184 e. The van der Waals surface area contributed by atoms with E-state index in [1.54, 1.807) is 0 Å². The first kappa shape index (κ1) is 8.55. The van der Waals surface area contributed by atoms with Crippen LogP contribution in [0.1, 0.15) is 46.0 Å². The molecule has 2 rings (SSSR count). The van der Waals surface area contributed by atoms with Crippen LogP contribution in [0.15, 0.2) is 0 Å². The molecule has 12 heavy (non-hydrogen) atoms. The lowest BCUT2D eigenvalue weighted by Gasteiger charge is -2.50. The van der Waals surface area contributed by atoms with Crippen molar-refractivity contribution in [1.82, 2.24) is 5.32 Å². The molecule has 1 heteroatoms. The SMILES string of the molecule is C[C@H]1CC[C@H]1C1(C)CCCCN1. The van der Waals surface area contributed by atoms with Crippen LogP contribution in [0.4, 0.5) is 0 Å². The molecule has 0 aromatic heterocycles. The number of nitrogens with one attached hydrogen (secondary N) is 1. The van der Waals surface area contributed by atoms with Gasteiger partial charge >= 0.3 is 0 Å². The van der Waals surface area contributed by atoms with E-state index < -0.39 is 0 Å². The third-order valence-electron chi connectivity index (χ3n) is 4.09. The van der Waals surface area contributed by atoms with Crippen molar-refractivity contribution < 1.29 is 0 Å². The summed E-state index contributed by atoms with van der Waals surface area (Å²) in [5.74, 6) is 1.94. The van der Waals surface area contributed by atoms with E-state index in [-0.39, 0.29) is 0 Å². The van der Waals surface area contributed by atoms with E-state index in [4.69, 9.17) is 0 Å². The van der Waals surface area contributed by atoms with Gasteiger partial charge in [-0.1, -0.05) is 19.8 Å². The second-order valence-electron chi connectivity index (χ2n) is 4.96. The molecule has 1 N–H and O–H groups in total. The van der Waals surface area contributed by atoms with Crippen molar-refractivity contribution in [3.8, 4) is 0 Å². The standard InChI is InChI=1S/C11H21N/c1-9-5-6-10(9)11(2)7-3-4-8-12-11/h9-10,12H,3-8H2,1-2H3/t9-,10+,11?/m0/s1. The van der Waals surface area contributed by atoms with Crippen LogP contribution in [0.25, 0.3) is 0 Å². The second-order valence-corrected chi connectivity index (χ2v) is 4.96. The van der Waals surface area contributed by atoms with Gasteiger partial charge in [-0.2, -0.15) is 0 Å². The summed E-state index contributed by atoms with van der Waals surface area (Å²) in [5, 5.41) is 3.73. The highest BCUT2D eigenvalue weighted by atomic mass is 15.0. The molecule has 0 radical (unpaired) electrons. The van der Waals surface area contributed by atoms with E-state index in [0.29, 0.717) is 5.54 Å². The molecule has 0 aromatic carbocycles. The topological polar surface area (TPSA) is 12.0 Å². The Balaban J connectivity index is 1.98. The van der Waals surface area contributed by atoms with Gasteiger partial charge in [-0.3, -0.25) is 0 Å². The molecule has 1 aliphatic heterocycles. The fourth-order valence-electron chi connectivity index (χ4n) is 3.01. The largest absolute Gasteiger partial charge is 0.311 e. The van der Waals surface area contributed by atoms with Crippen molar-refractivity contribution in [1.29, 1.82) is 0 Å². The summed E-state index contributed by atoms with van der Waals surface area (Å²) >= 11 is 0. The summed E-state index contributed by atoms with van der Waals surface area (Å²) in [4.78, 5) is 0. The number of hydrogen-bond acceptors (Lipinski definition) is 1. The predicted octanol–water partition coefficient (Wildman–Crippen LogP) is 2.56. The Morgan fingerprint density at radius 1 is 1.25 bits per heavy atom. The van der Waals surface area contributed by atoms with Crippen molar-refractivity contribution in [3.05, 3.63) is 0 Å². The third kappa shape index (κ3) is 1.28. The maximum atomic E-state index is 3.73. The normalized spacial score (nSPS) is 48.5. The summed E-state index contributed by atoms with van der Waals surface area (Å²) in [6, 6.07) is 0. The Morgan fingerprint density at radius 2 is 2.08 bits per heavy atom. The minimum atomic E-state index is 0.496. The summed E-state index contributed by atoms with van der Waals surface area (Å²) in [6.45, 7) is 6.10. The van der Waals surface area contributed by atoms with Gasteiger partial charge in [-0.15, -0.1) is 0 Å². The number of rotatable bonds is 1. The van der Waals surface area contributed by atoms with E-state index in [0.717, 1.165) is 11.8 Å². The van der Waals surface area contributed by atoms with Gasteiger partial charge in [0.15, 0.2) is 0 Å². The minimum Gasteiger partial charge on any atom is -0.311 e. The van der Waals surface area contributed by atoms with Gasteiger partial charge in [0.2, 0.25) is 0 Å². The average Bonchev–Trinajstić information content (AvgIpc) is 2.02. The van der Waals surface area contributed by atoms with Gasteiger partial charge in [0.25, 0.3) is 0 Å². The molecule has 1 heterocycles. The molecular weight excluding hydrogens is 146 g/mol. The first-order valence-electron chi connectivity index (χ1n) is 5.47. The number of hydrogen-bond donors (Lipinski definition) is 1. The summed E-state index contributed by atoms with van der Waals surface area (Å²) in [6.07, 6.45) is 7.15. The van der Waals surface area contributed by atoms with Crippen LogP contribution in [0.3, 0.4) is 0 Å². The minimum absolute atomic E-state index is 0.496. The third-order valence-corrected chi connectivity index (χ3v) is 4.09. The summed E-state index contributed by atoms with van der Waals surface area (Å²) in [7, 11) is 0. The summed E-state index contributed by atoms with van der Waals surface area (Å²) < 4.78 is 0. The van der Waals surface area contributed by atoms with Gasteiger partial charge in [0, 0.05) is 5.54 Å². The van der Waals surface area contributed by atoms with Crippen LogP contribution >= 0.6 is 0 Å². The predicted molar refractivity (Wildman–Crippen MR) is 52.1 cm³/mol. The molecule has 0 bridgehead atoms. The Kier molecular flexibility index (Phi) is 2.16. The van der Waals surface area contributed by atoms with Crippen LogP contribution in [0, 0.1) is 11.8 Å². The lowest BCUT2D eigenvalue weighted by atomic mass is 9.62. The van der Waals surface area contributed by atoms with Gasteiger partial charge in [-0.05, 0) is 44.6 Å². The molecule has 2 aliphatic rings. The Morgan fingerprint density at radius 3 is 2.50 bits per heavy atom. The molecule has 1 unspecified atom stereocenters. The highest BCUT2D eigenvalue weighted by molar-refractivity contribution is 4.98. The van der Waals surface area contributed by atoms with Crippen LogP contribution < -0.4 is 5.32 Å². The fourth-order valence-corrected chi connectivity index (χ4v) is 3.01. The maximum absolute atomic E-state index is 3.73. The maximum Gasteiger partial charge on any atom is 0.0184 e. The van der Waals surface area contributed by atoms with Crippen LogP contribution in [-0.2, 0) is 0 Å². The molecule has 2 fully saturated rings. The van der Waals surface area contributed by atoms with Crippen molar-refractivity contribution >= 4 is 0 Å². The second kappa shape index (κ2) is 3.02. The van der Waals surface area contributed by atoms with Gasteiger partial charge in [0.1, 0.15) is 0 Å². The number of piperidine rings is 1. The zero-order valence-corrected chi connectivity index (χ0v) is 8.40. The van der Waals surface area contributed by atoms with E-state index in [9.17, 15) is 0 Å². The lowest BCUT2D eigenvalue weighted by molar-refractivity contribution is 0.0561. The van der Waals surface area contributed by atoms with Crippen molar-refractivity contribution in [3.63, 3.8) is 0 Å². The van der Waals surface area contributed by atoms with Crippen LogP contribution in [0.2, 0.25) is 0 Å². The molecule has 1 saturated heterocycles. The highest BCUT2D eigenvalue weighted by Gasteiger charge is 2.42. The lowest BCUT2D eigenvalue weighted by Crippen LogP contribution is -2.56. The van der Waals surface area contributed by atoms with E-state index in [2.05, 4.69) is 19.2 Å². The molecule has 1 nitrogen and oxygen atoms in total. The molecular formula is C11H21N. The molecule has 0 spiro atoms. The Hall–Kier alpha value is -0.0400. The first-order chi connectivity index (χ1) is 5.72. The quantitative estimate of drug-likeness (QED) is 0.633. The zero-order chi connectivity index (χ0) is 8.60. The Bertz CT molecular complexity index is 158. The van der Waals surface area contributed by atoms with E-state index in [1.165, 1.54) is 38.6 Å². The average molecular weight is 167 g/mol. The zero-order valence-electron chi connectivity index (χ0n) is 8.40. The van der Waals surface area contributed by atoms with Crippen molar-refractivity contribution in [2.24, 2.45) is 11.8 Å². The van der Waals surface area contributed by atoms with Crippen molar-refractivity contribution in [2.75, 3.05) is 6.54 Å². The Labute approximate surface area is 75.9 Å². The molecule has 1 saturated carbocycles. The van der Waals surface area contributed by atoms with Crippen LogP contribution in [-0.4, -0.2) is 12.1 Å². The van der Waals surface area contributed by atoms with Gasteiger partial charge in [-0.25, -0.2) is 0 Å². The fraction of sp³-hybridized carbons (Fsp3) is 1.00. The van der Waals surface area contributed by atoms with Gasteiger partial charge < -0.3 is 5.32 Å². The molecule has 1 aliphatic carbocycles. The van der Waals surface area contributed by atoms with E-state index >= 15 is 0 Å². The van der Waals surface area contributed by atoms with Crippen molar-refractivity contribution in [2.45, 2.75) is 51.5 Å². The summed E-state index contributed by atoms with van der Waals surface area (Å²) in [5.41, 5.74) is 0.496. The molecule has 0 aromatic rings.